The van der Waals surface area contributed by atoms with Crippen LogP contribution in [0.25, 0.3) is 0 Å². The molecule has 0 radical (unpaired) electrons. The van der Waals surface area contributed by atoms with Crippen molar-refractivity contribution in [1.29, 1.82) is 0 Å². The first-order chi connectivity index (χ1) is 8.57. The van der Waals surface area contributed by atoms with E-state index < -0.39 is 5.60 Å². The number of carbonyl (C=O) groups excluding carboxylic acids is 1. The zero-order chi connectivity index (χ0) is 13.6. The van der Waals surface area contributed by atoms with Gasteiger partial charge in [-0.25, -0.2) is 0 Å². The molecule has 1 amide bonds. The van der Waals surface area contributed by atoms with E-state index in [2.05, 4.69) is 5.32 Å². The number of ether oxygens (including phenoxy) is 1. The molecule has 0 aliphatic heterocycles. The van der Waals surface area contributed by atoms with Crippen LogP contribution in [0.3, 0.4) is 0 Å². The Morgan fingerprint density at radius 2 is 2.00 bits per heavy atom. The van der Waals surface area contributed by atoms with Crippen molar-refractivity contribution in [3.8, 4) is 0 Å². The van der Waals surface area contributed by atoms with Crippen LogP contribution in [-0.2, 0) is 9.53 Å². The second-order valence-corrected chi connectivity index (χ2v) is 5.49. The van der Waals surface area contributed by atoms with Gasteiger partial charge in [-0.1, -0.05) is 19.8 Å². The number of carbonyl (C=O) groups is 1. The molecule has 0 spiro atoms. The molecule has 4 nitrogen and oxygen atoms in total. The molecule has 3 unspecified atom stereocenters. The Bertz CT molecular complexity index is 264. The van der Waals surface area contributed by atoms with Gasteiger partial charge in [0.05, 0.1) is 0 Å². The van der Waals surface area contributed by atoms with E-state index in [9.17, 15) is 9.90 Å². The second kappa shape index (κ2) is 7.10. The summed E-state index contributed by atoms with van der Waals surface area (Å²) >= 11 is 0. The van der Waals surface area contributed by atoms with Crippen LogP contribution in [0.2, 0.25) is 0 Å². The van der Waals surface area contributed by atoms with E-state index in [-0.39, 0.29) is 12.5 Å². The smallest absolute Gasteiger partial charge is 0.251 e. The average molecular weight is 257 g/mol. The summed E-state index contributed by atoms with van der Waals surface area (Å²) in [6.45, 7) is 4.64. The lowest BCUT2D eigenvalue weighted by atomic mass is 9.79. The number of hydrogen-bond acceptors (Lipinski definition) is 3. The van der Waals surface area contributed by atoms with E-state index in [0.717, 1.165) is 12.8 Å². The molecule has 2 N–H and O–H groups in total. The molecular formula is C14H27NO3. The minimum atomic E-state index is -0.733. The largest absolute Gasteiger partial charge is 0.396 e. The number of aliphatic hydroxyl groups excluding tert-OH is 1. The third-order valence-corrected chi connectivity index (χ3v) is 4.43. The third-order valence-electron chi connectivity index (χ3n) is 4.43. The van der Waals surface area contributed by atoms with Gasteiger partial charge >= 0.3 is 0 Å². The quantitative estimate of drug-likeness (QED) is 0.761. The van der Waals surface area contributed by atoms with Crippen LogP contribution in [0.15, 0.2) is 0 Å². The highest BCUT2D eigenvalue weighted by Gasteiger charge is 2.32. The van der Waals surface area contributed by atoms with Crippen molar-refractivity contribution in [2.24, 2.45) is 11.8 Å². The monoisotopic (exact) mass is 257 g/mol. The van der Waals surface area contributed by atoms with E-state index >= 15 is 0 Å². The SMILES string of the molecule is CCC(C)(OC)C(=O)NCC1CCCCC1CO. The van der Waals surface area contributed by atoms with Gasteiger partial charge in [-0.3, -0.25) is 4.79 Å². The van der Waals surface area contributed by atoms with Crippen LogP contribution in [0.4, 0.5) is 0 Å². The molecule has 106 valence electrons. The normalized spacial score (nSPS) is 27.6. The summed E-state index contributed by atoms with van der Waals surface area (Å²) in [5.74, 6) is 0.704. The predicted octanol–water partition coefficient (Wildman–Crippen LogP) is 1.72. The number of nitrogens with one attached hydrogen (secondary N) is 1. The van der Waals surface area contributed by atoms with Crippen molar-refractivity contribution < 1.29 is 14.6 Å². The number of hydrogen-bond donors (Lipinski definition) is 2. The third kappa shape index (κ3) is 3.69. The molecule has 1 rings (SSSR count). The maximum atomic E-state index is 12.1. The molecule has 18 heavy (non-hydrogen) atoms. The van der Waals surface area contributed by atoms with Gasteiger partial charge in [0.2, 0.25) is 0 Å². The average Bonchev–Trinajstić information content (AvgIpc) is 2.43. The number of rotatable bonds is 6. The Kier molecular flexibility index (Phi) is 6.09. The maximum absolute atomic E-state index is 12.1. The van der Waals surface area contributed by atoms with Crippen molar-refractivity contribution >= 4 is 5.91 Å². The van der Waals surface area contributed by atoms with Crippen molar-refractivity contribution in [3.05, 3.63) is 0 Å². The Morgan fingerprint density at radius 1 is 1.39 bits per heavy atom. The first-order valence-corrected chi connectivity index (χ1v) is 7.01. The Hall–Kier alpha value is -0.610. The number of amides is 1. The Balaban J connectivity index is 2.46. The highest BCUT2D eigenvalue weighted by atomic mass is 16.5. The van der Waals surface area contributed by atoms with Gasteiger partial charge in [-0.05, 0) is 38.0 Å². The summed E-state index contributed by atoms with van der Waals surface area (Å²) in [6, 6.07) is 0. The zero-order valence-corrected chi connectivity index (χ0v) is 11.9. The molecule has 0 heterocycles. The minimum absolute atomic E-state index is 0.0465. The van der Waals surface area contributed by atoms with Gasteiger partial charge in [-0.15, -0.1) is 0 Å². The number of aliphatic hydroxyl groups is 1. The summed E-state index contributed by atoms with van der Waals surface area (Å²) in [7, 11) is 1.57. The molecule has 1 aliphatic rings. The lowest BCUT2D eigenvalue weighted by Crippen LogP contribution is -2.47. The standard InChI is InChI=1S/C14H27NO3/c1-4-14(2,18-3)13(17)15-9-11-7-5-6-8-12(11)10-16/h11-12,16H,4-10H2,1-3H3,(H,15,17). The molecule has 0 aromatic rings. The zero-order valence-electron chi connectivity index (χ0n) is 11.9. The molecule has 1 aliphatic carbocycles. The van der Waals surface area contributed by atoms with Crippen molar-refractivity contribution in [3.63, 3.8) is 0 Å². The Labute approximate surface area is 110 Å². The molecule has 3 atom stereocenters. The van der Waals surface area contributed by atoms with Gasteiger partial charge in [0.25, 0.3) is 5.91 Å². The molecule has 1 saturated carbocycles. The van der Waals surface area contributed by atoms with E-state index in [1.165, 1.54) is 12.8 Å². The van der Waals surface area contributed by atoms with Gasteiger partial charge < -0.3 is 15.2 Å². The molecule has 0 saturated heterocycles. The summed E-state index contributed by atoms with van der Waals surface area (Å²) in [6.07, 6.45) is 5.23. The number of methoxy groups -OCH3 is 1. The highest BCUT2D eigenvalue weighted by molar-refractivity contribution is 5.84. The molecule has 4 heteroatoms. The van der Waals surface area contributed by atoms with Gasteiger partial charge in [-0.2, -0.15) is 0 Å². The van der Waals surface area contributed by atoms with Gasteiger partial charge in [0.15, 0.2) is 0 Å². The van der Waals surface area contributed by atoms with Crippen LogP contribution < -0.4 is 5.32 Å². The van der Waals surface area contributed by atoms with Crippen molar-refractivity contribution in [2.75, 3.05) is 20.3 Å². The topological polar surface area (TPSA) is 58.6 Å². The lowest BCUT2D eigenvalue weighted by molar-refractivity contribution is -0.142. The van der Waals surface area contributed by atoms with Crippen LogP contribution >= 0.6 is 0 Å². The maximum Gasteiger partial charge on any atom is 0.251 e. The summed E-state index contributed by atoms with van der Waals surface area (Å²) in [5.41, 5.74) is -0.733. The molecule has 0 aromatic heterocycles. The van der Waals surface area contributed by atoms with Crippen LogP contribution in [0, 0.1) is 11.8 Å². The predicted molar refractivity (Wildman–Crippen MR) is 71.2 cm³/mol. The Morgan fingerprint density at radius 3 is 2.50 bits per heavy atom. The van der Waals surface area contributed by atoms with Gasteiger partial charge in [0, 0.05) is 20.3 Å². The summed E-state index contributed by atoms with van der Waals surface area (Å²) in [5, 5.41) is 12.3. The van der Waals surface area contributed by atoms with E-state index in [1.807, 2.05) is 13.8 Å². The lowest BCUT2D eigenvalue weighted by Gasteiger charge is -2.32. The summed E-state index contributed by atoms with van der Waals surface area (Å²) < 4.78 is 5.28. The van der Waals surface area contributed by atoms with E-state index in [0.29, 0.717) is 24.8 Å². The van der Waals surface area contributed by atoms with Crippen molar-refractivity contribution in [2.45, 2.75) is 51.6 Å². The molecule has 0 bridgehead atoms. The summed E-state index contributed by atoms with van der Waals surface area (Å²) in [4.78, 5) is 12.1. The van der Waals surface area contributed by atoms with E-state index in [4.69, 9.17) is 4.74 Å². The van der Waals surface area contributed by atoms with Crippen LogP contribution in [0.1, 0.15) is 46.0 Å². The van der Waals surface area contributed by atoms with Crippen molar-refractivity contribution in [1.82, 2.24) is 5.32 Å². The van der Waals surface area contributed by atoms with E-state index in [1.54, 1.807) is 7.11 Å². The molecule has 1 fully saturated rings. The first-order valence-electron chi connectivity index (χ1n) is 7.01. The highest BCUT2D eigenvalue weighted by Crippen LogP contribution is 2.29. The van der Waals surface area contributed by atoms with Crippen LogP contribution in [-0.4, -0.2) is 36.9 Å². The second-order valence-electron chi connectivity index (χ2n) is 5.49. The minimum Gasteiger partial charge on any atom is -0.396 e. The van der Waals surface area contributed by atoms with Gasteiger partial charge in [0.1, 0.15) is 5.60 Å². The molecule has 0 aromatic carbocycles. The fourth-order valence-electron chi connectivity index (χ4n) is 2.60. The first kappa shape index (κ1) is 15.4. The fourth-order valence-corrected chi connectivity index (χ4v) is 2.60. The fraction of sp³-hybridized carbons (Fsp3) is 0.929. The van der Waals surface area contributed by atoms with Crippen LogP contribution in [0.5, 0.6) is 0 Å². The molecular weight excluding hydrogens is 230 g/mol.